The average Bonchev–Trinajstić information content (AvgIpc) is 3.26. The van der Waals surface area contributed by atoms with Gasteiger partial charge in [-0.1, -0.05) is 25.5 Å². The lowest BCUT2D eigenvalue weighted by Gasteiger charge is -2.38. The highest BCUT2D eigenvalue weighted by Crippen LogP contribution is 2.25. The Morgan fingerprint density at radius 1 is 1.33 bits per heavy atom. The van der Waals surface area contributed by atoms with Gasteiger partial charge in [0.2, 0.25) is 0 Å². The van der Waals surface area contributed by atoms with Crippen LogP contribution in [0, 0.1) is 0 Å². The molecule has 0 saturated carbocycles. The number of thiophene rings is 1. The molecule has 3 heterocycles. The van der Waals surface area contributed by atoms with Crippen LogP contribution in [0.5, 0.6) is 0 Å². The van der Waals surface area contributed by atoms with Crippen LogP contribution in [0.1, 0.15) is 36.5 Å². The highest BCUT2D eigenvalue weighted by Gasteiger charge is 2.28. The number of tetrazole rings is 1. The summed E-state index contributed by atoms with van der Waals surface area (Å²) in [6, 6.07) is 4.52. The first-order valence-electron chi connectivity index (χ1n) is 8.67. The molecule has 130 valence electrons. The van der Waals surface area contributed by atoms with Crippen LogP contribution in [0.15, 0.2) is 30.2 Å². The maximum atomic E-state index is 4.38. The number of rotatable bonds is 8. The van der Waals surface area contributed by atoms with E-state index in [-0.39, 0.29) is 0 Å². The molecule has 0 spiro atoms. The quantitative estimate of drug-likeness (QED) is 0.687. The third-order valence-electron chi connectivity index (χ3n) is 4.54. The number of hydrogen-bond donors (Lipinski definition) is 0. The molecule has 0 bridgehead atoms. The van der Waals surface area contributed by atoms with Gasteiger partial charge in [-0.3, -0.25) is 9.80 Å². The topological polar surface area (TPSA) is 50.1 Å². The van der Waals surface area contributed by atoms with Crippen molar-refractivity contribution in [1.29, 1.82) is 0 Å². The Balaban J connectivity index is 1.72. The van der Waals surface area contributed by atoms with E-state index in [4.69, 9.17) is 0 Å². The predicted molar refractivity (Wildman–Crippen MR) is 97.1 cm³/mol. The molecule has 0 aliphatic carbocycles. The van der Waals surface area contributed by atoms with E-state index in [9.17, 15) is 0 Å². The summed E-state index contributed by atoms with van der Waals surface area (Å²) in [6.07, 6.45) is 4.20. The van der Waals surface area contributed by atoms with Crippen LogP contribution >= 0.6 is 11.3 Å². The second kappa shape index (κ2) is 8.50. The molecule has 0 unspecified atom stereocenters. The summed E-state index contributed by atoms with van der Waals surface area (Å²) in [7, 11) is 0. The van der Waals surface area contributed by atoms with Crippen LogP contribution in [-0.4, -0.2) is 62.7 Å². The second-order valence-corrected chi connectivity index (χ2v) is 7.24. The zero-order valence-electron chi connectivity index (χ0n) is 14.3. The van der Waals surface area contributed by atoms with E-state index in [1.54, 1.807) is 11.3 Å². The van der Waals surface area contributed by atoms with Crippen LogP contribution in [0.2, 0.25) is 0 Å². The Morgan fingerprint density at radius 3 is 2.83 bits per heavy atom. The fourth-order valence-electron chi connectivity index (χ4n) is 3.30. The average molecular weight is 347 g/mol. The lowest BCUT2D eigenvalue weighted by Crippen LogP contribution is -2.48. The first kappa shape index (κ1) is 17.3. The molecule has 24 heavy (non-hydrogen) atoms. The van der Waals surface area contributed by atoms with Crippen molar-refractivity contribution in [3.05, 3.63) is 40.9 Å². The molecule has 1 atom stereocenters. The van der Waals surface area contributed by atoms with Gasteiger partial charge < -0.3 is 0 Å². The van der Waals surface area contributed by atoms with Crippen LogP contribution in [0.25, 0.3) is 0 Å². The molecule has 3 rings (SSSR count). The molecule has 2 aromatic heterocycles. The van der Waals surface area contributed by atoms with Crippen molar-refractivity contribution < 1.29 is 0 Å². The molecule has 0 amide bonds. The molecule has 0 radical (unpaired) electrons. The third-order valence-corrected chi connectivity index (χ3v) is 5.40. The molecular weight excluding hydrogens is 320 g/mol. The lowest BCUT2D eigenvalue weighted by molar-refractivity contribution is 0.0923. The first-order valence-corrected chi connectivity index (χ1v) is 9.55. The van der Waals surface area contributed by atoms with Crippen molar-refractivity contribution in [3.8, 4) is 0 Å². The zero-order chi connectivity index (χ0) is 16.8. The number of nitrogens with zero attached hydrogens (tertiary/aromatic N) is 6. The number of hydrogen-bond acceptors (Lipinski definition) is 6. The van der Waals surface area contributed by atoms with E-state index in [0.717, 1.165) is 57.9 Å². The highest BCUT2D eigenvalue weighted by molar-refractivity contribution is 7.09. The SMILES string of the molecule is C=CCN1CCN([C@H](CCC)c2nnnn2Cc2cccs2)CC1. The van der Waals surface area contributed by atoms with Gasteiger partial charge in [0.05, 0.1) is 12.6 Å². The fraction of sp³-hybridized carbons (Fsp3) is 0.588. The van der Waals surface area contributed by atoms with E-state index in [2.05, 4.69) is 56.3 Å². The Kier molecular flexibility index (Phi) is 6.12. The van der Waals surface area contributed by atoms with Crippen LogP contribution in [0.3, 0.4) is 0 Å². The van der Waals surface area contributed by atoms with E-state index >= 15 is 0 Å². The minimum Gasteiger partial charge on any atom is -0.297 e. The van der Waals surface area contributed by atoms with Gasteiger partial charge in [0, 0.05) is 37.6 Å². The van der Waals surface area contributed by atoms with E-state index < -0.39 is 0 Å². The highest BCUT2D eigenvalue weighted by atomic mass is 32.1. The number of aromatic nitrogens is 4. The normalized spacial score (nSPS) is 17.9. The molecule has 0 N–H and O–H groups in total. The van der Waals surface area contributed by atoms with E-state index in [1.165, 1.54) is 4.88 Å². The second-order valence-electron chi connectivity index (χ2n) is 6.20. The van der Waals surface area contributed by atoms with Gasteiger partial charge >= 0.3 is 0 Å². The largest absolute Gasteiger partial charge is 0.297 e. The zero-order valence-corrected chi connectivity index (χ0v) is 15.2. The van der Waals surface area contributed by atoms with Gasteiger partial charge in [-0.05, 0) is 28.3 Å². The standard InChI is InChI=1S/C17H26N6S/c1-3-6-16(22-11-9-21(8-4-2)10-12-22)17-18-19-20-23(17)14-15-7-5-13-24-15/h4-5,7,13,16H,2-3,6,8-12,14H2,1H3/t16-/m1/s1. The molecule has 0 aromatic carbocycles. The summed E-state index contributed by atoms with van der Waals surface area (Å²) in [5.41, 5.74) is 0. The van der Waals surface area contributed by atoms with Gasteiger partial charge in [-0.2, -0.15) is 0 Å². The summed E-state index contributed by atoms with van der Waals surface area (Å²) in [4.78, 5) is 6.27. The van der Waals surface area contributed by atoms with Crippen molar-refractivity contribution >= 4 is 11.3 Å². The van der Waals surface area contributed by atoms with Crippen molar-refractivity contribution in [2.75, 3.05) is 32.7 Å². The van der Waals surface area contributed by atoms with Crippen molar-refractivity contribution in [2.45, 2.75) is 32.4 Å². The van der Waals surface area contributed by atoms with Gasteiger partial charge in [-0.25, -0.2) is 4.68 Å². The summed E-state index contributed by atoms with van der Waals surface area (Å²) < 4.78 is 1.97. The summed E-state index contributed by atoms with van der Waals surface area (Å²) >= 11 is 1.75. The smallest absolute Gasteiger partial charge is 0.168 e. The maximum absolute atomic E-state index is 4.38. The van der Waals surface area contributed by atoms with Crippen LogP contribution in [0.4, 0.5) is 0 Å². The molecule has 1 aliphatic rings. The lowest BCUT2D eigenvalue weighted by atomic mass is 10.1. The summed E-state index contributed by atoms with van der Waals surface area (Å²) in [5.74, 6) is 1.00. The van der Waals surface area contributed by atoms with Crippen LogP contribution < -0.4 is 0 Å². The van der Waals surface area contributed by atoms with Gasteiger partial charge in [0.25, 0.3) is 0 Å². The molecule has 2 aromatic rings. The van der Waals surface area contributed by atoms with E-state index in [1.807, 2.05) is 10.8 Å². The fourth-order valence-corrected chi connectivity index (χ4v) is 3.99. The molecule has 1 aliphatic heterocycles. The van der Waals surface area contributed by atoms with Crippen molar-refractivity contribution in [3.63, 3.8) is 0 Å². The summed E-state index contributed by atoms with van der Waals surface area (Å²) in [6.45, 7) is 12.1. The van der Waals surface area contributed by atoms with Crippen molar-refractivity contribution in [1.82, 2.24) is 30.0 Å². The third kappa shape index (κ3) is 4.09. The monoisotopic (exact) mass is 346 g/mol. The van der Waals surface area contributed by atoms with Gasteiger partial charge in [0.15, 0.2) is 5.82 Å². The Bertz CT molecular complexity index is 615. The Morgan fingerprint density at radius 2 is 2.17 bits per heavy atom. The van der Waals surface area contributed by atoms with E-state index in [0.29, 0.717) is 6.04 Å². The minimum absolute atomic E-state index is 0.302. The molecular formula is C17H26N6S. The molecule has 1 fully saturated rings. The summed E-state index contributed by atoms with van der Waals surface area (Å²) in [5, 5.41) is 14.7. The molecule has 7 heteroatoms. The molecule has 6 nitrogen and oxygen atoms in total. The minimum atomic E-state index is 0.302. The Labute approximate surface area is 147 Å². The predicted octanol–water partition coefficient (Wildman–Crippen LogP) is 2.43. The van der Waals surface area contributed by atoms with Gasteiger partial charge in [0.1, 0.15) is 0 Å². The molecule has 1 saturated heterocycles. The maximum Gasteiger partial charge on any atom is 0.168 e. The Hall–Kier alpha value is -1.57. The first-order chi connectivity index (χ1) is 11.8. The van der Waals surface area contributed by atoms with Gasteiger partial charge in [-0.15, -0.1) is 23.0 Å². The van der Waals surface area contributed by atoms with Crippen molar-refractivity contribution in [2.24, 2.45) is 0 Å². The number of piperazine rings is 1. The van der Waals surface area contributed by atoms with Crippen LogP contribution in [-0.2, 0) is 6.54 Å².